The number of nitrogens with zero attached hydrogens (tertiary/aromatic N) is 4. The molecule has 2 aliphatic carbocycles. The Labute approximate surface area is 156 Å². The fourth-order valence-electron chi connectivity index (χ4n) is 4.02. The minimum absolute atomic E-state index is 0.292. The maximum atomic E-state index is 8.99. The van der Waals surface area contributed by atoms with Crippen molar-refractivity contribution in [2.24, 2.45) is 0 Å². The lowest BCUT2D eigenvalue weighted by Gasteiger charge is -2.40. The van der Waals surface area contributed by atoms with Crippen LogP contribution in [0.25, 0.3) is 0 Å². The van der Waals surface area contributed by atoms with Crippen molar-refractivity contribution in [3.05, 3.63) is 47.7 Å². The first-order valence-electron chi connectivity index (χ1n) is 9.71. The van der Waals surface area contributed by atoms with Crippen molar-refractivity contribution in [3.63, 3.8) is 0 Å². The lowest BCUT2D eigenvalue weighted by molar-refractivity contribution is 0.0953. The Balaban J connectivity index is 1.27. The van der Waals surface area contributed by atoms with Gasteiger partial charge in [-0.1, -0.05) is 24.3 Å². The Kier molecular flexibility index (Phi) is 5.05. The zero-order chi connectivity index (χ0) is 17.8. The van der Waals surface area contributed by atoms with Gasteiger partial charge in [-0.2, -0.15) is 5.26 Å². The molecule has 0 amide bonds. The minimum atomic E-state index is 0.292. The molecule has 0 unspecified atom stereocenters. The molecule has 136 valence electrons. The highest BCUT2D eigenvalue weighted by Crippen LogP contribution is 2.42. The number of rotatable bonds is 6. The van der Waals surface area contributed by atoms with E-state index in [1.165, 1.54) is 31.3 Å². The average molecular weight is 349 g/mol. The van der Waals surface area contributed by atoms with Gasteiger partial charge < -0.3 is 5.32 Å². The van der Waals surface area contributed by atoms with E-state index in [9.17, 15) is 0 Å². The summed E-state index contributed by atoms with van der Waals surface area (Å²) in [6, 6.07) is 7.68. The van der Waals surface area contributed by atoms with E-state index in [2.05, 4.69) is 44.4 Å². The molecule has 4 rings (SSSR count). The Morgan fingerprint density at radius 3 is 2.69 bits per heavy atom. The number of piperazine rings is 1. The maximum absolute atomic E-state index is 8.99. The largest absolute Gasteiger partial charge is 0.368 e. The Hall–Kier alpha value is -2.16. The molecule has 2 fully saturated rings. The van der Waals surface area contributed by atoms with Gasteiger partial charge >= 0.3 is 0 Å². The zero-order valence-electron chi connectivity index (χ0n) is 15.3. The predicted octanol–water partition coefficient (Wildman–Crippen LogP) is 2.79. The van der Waals surface area contributed by atoms with Gasteiger partial charge in [-0.25, -0.2) is 4.98 Å². The summed E-state index contributed by atoms with van der Waals surface area (Å²) < 4.78 is 0. The number of anilines is 1. The van der Waals surface area contributed by atoms with Gasteiger partial charge in [-0.15, -0.1) is 0 Å². The number of aromatic nitrogens is 1. The van der Waals surface area contributed by atoms with Crippen LogP contribution in [-0.4, -0.2) is 59.6 Å². The standard InChI is InChI=1S/C21H27N5/c22-15-19-7-4-8-20(24-19)23-17-21(9-10-21)26-13-11-25(12-14-26)16-18-5-2-1-3-6-18/h2,4-8H,1,3,9-14,16-17H2,(H,23,24). The predicted molar refractivity (Wildman–Crippen MR) is 104 cm³/mol. The molecule has 1 saturated heterocycles. The molecular weight excluding hydrogens is 322 g/mol. The third-order valence-electron chi connectivity index (χ3n) is 5.81. The van der Waals surface area contributed by atoms with E-state index in [-0.39, 0.29) is 0 Å². The van der Waals surface area contributed by atoms with Gasteiger partial charge in [0.1, 0.15) is 17.6 Å². The number of nitrogens with one attached hydrogen (secondary N) is 1. The van der Waals surface area contributed by atoms with Crippen molar-refractivity contribution in [2.45, 2.75) is 31.2 Å². The van der Waals surface area contributed by atoms with Crippen molar-refractivity contribution in [1.82, 2.24) is 14.8 Å². The van der Waals surface area contributed by atoms with Crippen molar-refractivity contribution < 1.29 is 0 Å². The third-order valence-corrected chi connectivity index (χ3v) is 5.81. The van der Waals surface area contributed by atoms with E-state index in [0.29, 0.717) is 11.2 Å². The molecule has 1 aromatic heterocycles. The fourth-order valence-corrected chi connectivity index (χ4v) is 4.02. The first kappa shape index (κ1) is 17.3. The van der Waals surface area contributed by atoms with Crippen LogP contribution in [-0.2, 0) is 0 Å². The Morgan fingerprint density at radius 1 is 1.15 bits per heavy atom. The fraction of sp³-hybridized carbons (Fsp3) is 0.524. The average Bonchev–Trinajstić information content (AvgIpc) is 3.49. The van der Waals surface area contributed by atoms with Crippen LogP contribution in [0.5, 0.6) is 0 Å². The monoisotopic (exact) mass is 349 g/mol. The molecule has 5 nitrogen and oxygen atoms in total. The van der Waals surface area contributed by atoms with E-state index < -0.39 is 0 Å². The normalized spacial score (nSPS) is 22.5. The molecule has 1 aliphatic heterocycles. The van der Waals surface area contributed by atoms with Gasteiger partial charge in [0.2, 0.25) is 0 Å². The van der Waals surface area contributed by atoms with Crippen LogP contribution < -0.4 is 5.32 Å². The van der Waals surface area contributed by atoms with E-state index in [1.807, 2.05) is 12.1 Å². The first-order chi connectivity index (χ1) is 12.8. The van der Waals surface area contributed by atoms with E-state index in [1.54, 1.807) is 6.07 Å². The number of hydrogen-bond acceptors (Lipinski definition) is 5. The van der Waals surface area contributed by atoms with Crippen LogP contribution in [0.2, 0.25) is 0 Å². The Morgan fingerprint density at radius 2 is 2.00 bits per heavy atom. The summed E-state index contributed by atoms with van der Waals surface area (Å²) in [4.78, 5) is 9.58. The van der Waals surface area contributed by atoms with E-state index in [0.717, 1.165) is 45.1 Å². The van der Waals surface area contributed by atoms with Gasteiger partial charge in [0.05, 0.1) is 0 Å². The molecule has 1 aromatic rings. The number of nitriles is 1. The quantitative estimate of drug-likeness (QED) is 0.856. The van der Waals surface area contributed by atoms with Crippen LogP contribution >= 0.6 is 0 Å². The van der Waals surface area contributed by atoms with Gasteiger partial charge in [0.25, 0.3) is 0 Å². The highest BCUT2D eigenvalue weighted by molar-refractivity contribution is 5.39. The second-order valence-corrected chi connectivity index (χ2v) is 7.62. The van der Waals surface area contributed by atoms with Gasteiger partial charge in [0, 0.05) is 44.8 Å². The van der Waals surface area contributed by atoms with Crippen molar-refractivity contribution in [1.29, 1.82) is 5.26 Å². The van der Waals surface area contributed by atoms with Crippen molar-refractivity contribution in [3.8, 4) is 6.07 Å². The molecule has 0 bridgehead atoms. The molecule has 2 heterocycles. The molecule has 1 saturated carbocycles. The Bertz CT molecular complexity index is 733. The molecular formula is C21H27N5. The summed E-state index contributed by atoms with van der Waals surface area (Å²) in [6.45, 7) is 6.60. The summed E-state index contributed by atoms with van der Waals surface area (Å²) >= 11 is 0. The molecule has 3 aliphatic rings. The second kappa shape index (κ2) is 7.61. The molecule has 26 heavy (non-hydrogen) atoms. The molecule has 1 N–H and O–H groups in total. The van der Waals surface area contributed by atoms with Crippen molar-refractivity contribution in [2.75, 3.05) is 44.6 Å². The first-order valence-corrected chi connectivity index (χ1v) is 9.71. The highest BCUT2D eigenvalue weighted by Gasteiger charge is 2.48. The van der Waals surface area contributed by atoms with Crippen molar-refractivity contribution >= 4 is 5.82 Å². The molecule has 0 spiro atoms. The van der Waals surface area contributed by atoms with Gasteiger partial charge in [0.15, 0.2) is 0 Å². The summed E-state index contributed by atoms with van der Waals surface area (Å²) in [5, 5.41) is 12.4. The molecule has 0 atom stereocenters. The highest BCUT2D eigenvalue weighted by atomic mass is 15.3. The number of hydrogen-bond donors (Lipinski definition) is 1. The van der Waals surface area contributed by atoms with Crippen LogP contribution in [0.4, 0.5) is 5.82 Å². The van der Waals surface area contributed by atoms with Crippen LogP contribution in [0.3, 0.4) is 0 Å². The van der Waals surface area contributed by atoms with E-state index in [4.69, 9.17) is 5.26 Å². The second-order valence-electron chi connectivity index (χ2n) is 7.62. The smallest absolute Gasteiger partial charge is 0.142 e. The van der Waals surface area contributed by atoms with Crippen LogP contribution in [0.1, 0.15) is 31.4 Å². The SMILES string of the molecule is N#Cc1cccc(NCC2(N3CCN(CC4=CCCC=C4)CC3)CC2)n1. The topological polar surface area (TPSA) is 55.2 Å². The summed E-state index contributed by atoms with van der Waals surface area (Å²) in [6.07, 6.45) is 11.9. The number of allylic oxidation sites excluding steroid dienone is 2. The van der Waals surface area contributed by atoms with Gasteiger partial charge in [-0.05, 0) is 43.4 Å². The lowest BCUT2D eigenvalue weighted by Crippen LogP contribution is -2.53. The lowest BCUT2D eigenvalue weighted by atomic mass is 10.1. The number of pyridine rings is 1. The van der Waals surface area contributed by atoms with Gasteiger partial charge in [-0.3, -0.25) is 9.80 Å². The summed E-state index contributed by atoms with van der Waals surface area (Å²) in [7, 11) is 0. The molecule has 0 aromatic carbocycles. The summed E-state index contributed by atoms with van der Waals surface area (Å²) in [5.41, 5.74) is 2.25. The molecule has 5 heteroatoms. The third kappa shape index (κ3) is 3.98. The molecule has 0 radical (unpaired) electrons. The summed E-state index contributed by atoms with van der Waals surface area (Å²) in [5.74, 6) is 0.810. The van der Waals surface area contributed by atoms with Crippen LogP contribution in [0, 0.1) is 11.3 Å². The zero-order valence-corrected chi connectivity index (χ0v) is 15.3. The van der Waals surface area contributed by atoms with Crippen LogP contribution in [0.15, 0.2) is 42.0 Å². The maximum Gasteiger partial charge on any atom is 0.142 e. The van der Waals surface area contributed by atoms with E-state index >= 15 is 0 Å². The minimum Gasteiger partial charge on any atom is -0.368 e.